The van der Waals surface area contributed by atoms with Crippen molar-refractivity contribution in [1.29, 1.82) is 5.26 Å². The molecule has 5 heteroatoms. The van der Waals surface area contributed by atoms with Crippen molar-refractivity contribution < 1.29 is 0 Å². The highest BCUT2D eigenvalue weighted by Crippen LogP contribution is 2.30. The van der Waals surface area contributed by atoms with Crippen LogP contribution in [0.5, 0.6) is 0 Å². The lowest BCUT2D eigenvalue weighted by Crippen LogP contribution is -2.08. The summed E-state index contributed by atoms with van der Waals surface area (Å²) >= 11 is 1.65. The normalized spacial score (nSPS) is 12.0. The third kappa shape index (κ3) is 2.58. The Morgan fingerprint density at radius 2 is 2.00 bits per heavy atom. The van der Waals surface area contributed by atoms with Gasteiger partial charge in [0.1, 0.15) is 12.1 Å². The van der Waals surface area contributed by atoms with Crippen LogP contribution in [0.2, 0.25) is 0 Å². The molecule has 3 rings (SSSR count). The van der Waals surface area contributed by atoms with E-state index in [1.807, 2.05) is 24.3 Å². The Morgan fingerprint density at radius 3 is 2.71 bits per heavy atom. The molecule has 4 nitrogen and oxygen atoms in total. The Bertz CT molecular complexity index is 814. The van der Waals surface area contributed by atoms with Crippen LogP contribution in [0.3, 0.4) is 0 Å². The van der Waals surface area contributed by atoms with Crippen LogP contribution in [0.1, 0.15) is 29.7 Å². The third-order valence-electron chi connectivity index (χ3n) is 3.42. The first-order valence-corrected chi connectivity index (χ1v) is 7.52. The minimum Gasteiger partial charge on any atom is -0.362 e. The number of nitrogens with zero attached hydrogens (tertiary/aromatic N) is 3. The maximum absolute atomic E-state index is 8.84. The molecule has 0 saturated carbocycles. The number of nitriles is 1. The Labute approximate surface area is 127 Å². The van der Waals surface area contributed by atoms with Gasteiger partial charge in [-0.1, -0.05) is 12.1 Å². The maximum Gasteiger partial charge on any atom is 0.147 e. The van der Waals surface area contributed by atoms with Crippen molar-refractivity contribution in [1.82, 2.24) is 9.97 Å². The van der Waals surface area contributed by atoms with Gasteiger partial charge in [0.15, 0.2) is 0 Å². The number of anilines is 1. The average molecular weight is 294 g/mol. The highest BCUT2D eigenvalue weighted by molar-refractivity contribution is 7.18. The van der Waals surface area contributed by atoms with Crippen LogP contribution < -0.4 is 5.32 Å². The Hall–Kier alpha value is -2.45. The second-order valence-corrected chi connectivity index (χ2v) is 5.80. The van der Waals surface area contributed by atoms with E-state index in [9.17, 15) is 0 Å². The van der Waals surface area contributed by atoms with E-state index in [1.54, 1.807) is 17.7 Å². The summed E-state index contributed by atoms with van der Waals surface area (Å²) in [5.41, 5.74) is 3.97. The average Bonchev–Trinajstić information content (AvgIpc) is 2.90. The van der Waals surface area contributed by atoms with E-state index in [0.717, 1.165) is 21.6 Å². The third-order valence-corrected chi connectivity index (χ3v) is 4.52. The summed E-state index contributed by atoms with van der Waals surface area (Å²) in [5.74, 6) is 0.856. The summed E-state index contributed by atoms with van der Waals surface area (Å²) in [7, 11) is 0. The molecule has 1 aromatic carbocycles. The first kappa shape index (κ1) is 13.5. The molecular weight excluding hydrogens is 280 g/mol. The number of hydrogen-bond donors (Lipinski definition) is 1. The Kier molecular flexibility index (Phi) is 3.55. The molecule has 1 atom stereocenters. The monoisotopic (exact) mass is 294 g/mol. The Morgan fingerprint density at radius 1 is 1.24 bits per heavy atom. The number of hydrogen-bond acceptors (Lipinski definition) is 5. The predicted octanol–water partition coefficient (Wildman–Crippen LogP) is 4.04. The first-order chi connectivity index (χ1) is 10.2. The largest absolute Gasteiger partial charge is 0.362 e. The van der Waals surface area contributed by atoms with Crippen molar-refractivity contribution in [2.75, 3.05) is 5.32 Å². The number of rotatable bonds is 3. The second-order valence-electron chi connectivity index (χ2n) is 4.92. The lowest BCUT2D eigenvalue weighted by Gasteiger charge is -2.15. The van der Waals surface area contributed by atoms with E-state index in [-0.39, 0.29) is 6.04 Å². The quantitative estimate of drug-likeness (QED) is 0.791. The lowest BCUT2D eigenvalue weighted by molar-refractivity contribution is 0.876. The van der Waals surface area contributed by atoms with Gasteiger partial charge in [-0.25, -0.2) is 9.97 Å². The van der Waals surface area contributed by atoms with E-state index in [4.69, 9.17) is 5.26 Å². The summed E-state index contributed by atoms with van der Waals surface area (Å²) in [6, 6.07) is 9.84. The molecule has 1 unspecified atom stereocenters. The molecule has 0 saturated heterocycles. The summed E-state index contributed by atoms with van der Waals surface area (Å²) < 4.78 is 1.08. The number of aromatic nitrogens is 2. The van der Waals surface area contributed by atoms with Gasteiger partial charge in [0.05, 0.1) is 21.8 Å². The molecular formula is C16H14N4S. The molecule has 2 aromatic heterocycles. The molecule has 3 aromatic rings. The standard InChI is InChI=1S/C16H14N4S/c1-10-8-21-15-14(10)18-9-19-16(15)20-11(2)13-5-3-12(7-17)4-6-13/h3-6,8-9,11H,1-2H3,(H,18,19,20). The highest BCUT2D eigenvalue weighted by atomic mass is 32.1. The van der Waals surface area contributed by atoms with Gasteiger partial charge in [0.2, 0.25) is 0 Å². The fourth-order valence-electron chi connectivity index (χ4n) is 2.21. The smallest absolute Gasteiger partial charge is 0.147 e. The molecule has 0 spiro atoms. The summed E-state index contributed by atoms with van der Waals surface area (Å²) in [5, 5.41) is 14.4. The van der Waals surface area contributed by atoms with E-state index >= 15 is 0 Å². The zero-order chi connectivity index (χ0) is 14.8. The topological polar surface area (TPSA) is 61.6 Å². The van der Waals surface area contributed by atoms with Gasteiger partial charge in [-0.15, -0.1) is 11.3 Å². The van der Waals surface area contributed by atoms with Gasteiger partial charge in [-0.2, -0.15) is 5.26 Å². The number of benzene rings is 1. The number of nitrogens with one attached hydrogen (secondary N) is 1. The number of thiophene rings is 1. The molecule has 0 aliphatic carbocycles. The first-order valence-electron chi connectivity index (χ1n) is 6.64. The fourth-order valence-corrected chi connectivity index (χ4v) is 3.16. The molecule has 0 aliphatic heterocycles. The van der Waals surface area contributed by atoms with E-state index < -0.39 is 0 Å². The van der Waals surface area contributed by atoms with Crippen molar-refractivity contribution >= 4 is 27.4 Å². The molecule has 21 heavy (non-hydrogen) atoms. The van der Waals surface area contributed by atoms with E-state index in [1.165, 1.54) is 5.56 Å². The van der Waals surface area contributed by atoms with Crippen LogP contribution in [0.15, 0.2) is 36.0 Å². The molecule has 0 aliphatic rings. The van der Waals surface area contributed by atoms with Gasteiger partial charge in [-0.3, -0.25) is 0 Å². The number of aryl methyl sites for hydroxylation is 1. The summed E-state index contributed by atoms with van der Waals surface area (Å²) in [6.45, 7) is 4.13. The zero-order valence-electron chi connectivity index (χ0n) is 11.8. The second kappa shape index (κ2) is 5.51. The molecule has 0 radical (unpaired) electrons. The van der Waals surface area contributed by atoms with Crippen LogP contribution in [0.4, 0.5) is 5.82 Å². The predicted molar refractivity (Wildman–Crippen MR) is 85.3 cm³/mol. The lowest BCUT2D eigenvalue weighted by atomic mass is 10.1. The molecule has 104 valence electrons. The van der Waals surface area contributed by atoms with Crippen molar-refractivity contribution in [2.45, 2.75) is 19.9 Å². The van der Waals surface area contributed by atoms with Crippen molar-refractivity contribution in [3.63, 3.8) is 0 Å². The SMILES string of the molecule is Cc1csc2c(NC(C)c3ccc(C#N)cc3)ncnc12. The molecule has 0 amide bonds. The molecule has 0 fully saturated rings. The van der Waals surface area contributed by atoms with Gasteiger partial charge in [0.25, 0.3) is 0 Å². The zero-order valence-corrected chi connectivity index (χ0v) is 12.6. The van der Waals surface area contributed by atoms with Crippen molar-refractivity contribution in [2.24, 2.45) is 0 Å². The summed E-state index contributed by atoms with van der Waals surface area (Å²) in [4.78, 5) is 8.68. The van der Waals surface area contributed by atoms with Crippen LogP contribution in [-0.4, -0.2) is 9.97 Å². The fraction of sp³-hybridized carbons (Fsp3) is 0.188. The van der Waals surface area contributed by atoms with Gasteiger partial charge in [-0.05, 0) is 42.5 Å². The maximum atomic E-state index is 8.84. The van der Waals surface area contributed by atoms with E-state index in [0.29, 0.717) is 5.56 Å². The molecule has 0 bridgehead atoms. The highest BCUT2D eigenvalue weighted by Gasteiger charge is 2.11. The van der Waals surface area contributed by atoms with Crippen molar-refractivity contribution in [3.8, 4) is 6.07 Å². The van der Waals surface area contributed by atoms with E-state index in [2.05, 4.69) is 40.6 Å². The van der Waals surface area contributed by atoms with Crippen LogP contribution in [0, 0.1) is 18.3 Å². The Balaban J connectivity index is 1.89. The summed E-state index contributed by atoms with van der Waals surface area (Å²) in [6.07, 6.45) is 1.59. The van der Waals surface area contributed by atoms with Gasteiger partial charge in [0, 0.05) is 6.04 Å². The van der Waals surface area contributed by atoms with Crippen LogP contribution in [-0.2, 0) is 0 Å². The van der Waals surface area contributed by atoms with Crippen LogP contribution >= 0.6 is 11.3 Å². The van der Waals surface area contributed by atoms with Crippen LogP contribution in [0.25, 0.3) is 10.2 Å². The van der Waals surface area contributed by atoms with Crippen molar-refractivity contribution in [3.05, 3.63) is 52.7 Å². The van der Waals surface area contributed by atoms with Gasteiger partial charge >= 0.3 is 0 Å². The minimum absolute atomic E-state index is 0.109. The molecule has 1 N–H and O–H groups in total. The number of fused-ring (bicyclic) bond motifs is 1. The molecule has 2 heterocycles. The van der Waals surface area contributed by atoms with Gasteiger partial charge < -0.3 is 5.32 Å². The minimum atomic E-state index is 0.109.